The molecule has 0 radical (unpaired) electrons. The van der Waals surface area contributed by atoms with Gasteiger partial charge in [0.1, 0.15) is 7.05 Å². The van der Waals surface area contributed by atoms with E-state index in [4.69, 9.17) is 5.41 Å². The molecule has 0 amide bonds. The molecule has 0 saturated carbocycles. The van der Waals surface area contributed by atoms with Crippen molar-refractivity contribution in [1.29, 1.82) is 5.41 Å². The zero-order chi connectivity index (χ0) is 8.10. The number of aryl methyl sites for hydroxylation is 1. The fourth-order valence-electron chi connectivity index (χ4n) is 0.856. The van der Waals surface area contributed by atoms with Crippen molar-refractivity contribution >= 4 is 12.3 Å². The van der Waals surface area contributed by atoms with E-state index in [9.17, 15) is 0 Å². The molecule has 1 aromatic heterocycles. The van der Waals surface area contributed by atoms with Crippen LogP contribution in [0.15, 0.2) is 30.5 Å². The number of rotatable bonds is 2. The molecule has 56 valence electrons. The summed E-state index contributed by atoms with van der Waals surface area (Å²) in [5, 5.41) is 6.80. The number of pyridine rings is 1. The lowest BCUT2D eigenvalue weighted by Crippen LogP contribution is -2.30. The molecule has 0 aromatic carbocycles. The Kier molecular flexibility index (Phi) is 2.55. The van der Waals surface area contributed by atoms with Crippen LogP contribution in [0.25, 0.3) is 6.08 Å². The van der Waals surface area contributed by atoms with Gasteiger partial charge < -0.3 is 5.41 Å². The van der Waals surface area contributed by atoms with Gasteiger partial charge in [0.2, 0.25) is 5.69 Å². The van der Waals surface area contributed by atoms with Crippen LogP contribution in [0.1, 0.15) is 5.69 Å². The molecule has 2 nitrogen and oxygen atoms in total. The molecule has 1 rings (SSSR count). The molecular weight excluding hydrogens is 136 g/mol. The minimum atomic E-state index is 1.09. The van der Waals surface area contributed by atoms with Crippen molar-refractivity contribution in [3.63, 3.8) is 0 Å². The van der Waals surface area contributed by atoms with Gasteiger partial charge in [0.05, 0.1) is 0 Å². The van der Waals surface area contributed by atoms with Crippen LogP contribution in [0.2, 0.25) is 0 Å². The summed E-state index contributed by atoms with van der Waals surface area (Å²) in [7, 11) is 1.98. The van der Waals surface area contributed by atoms with Crippen molar-refractivity contribution < 1.29 is 4.57 Å². The van der Waals surface area contributed by atoms with E-state index in [1.807, 2.05) is 42.1 Å². The molecule has 0 aliphatic rings. The van der Waals surface area contributed by atoms with E-state index in [-0.39, 0.29) is 0 Å². The van der Waals surface area contributed by atoms with Crippen LogP contribution >= 0.6 is 0 Å². The first-order valence-electron chi connectivity index (χ1n) is 3.46. The van der Waals surface area contributed by atoms with Gasteiger partial charge >= 0.3 is 0 Å². The third-order valence-electron chi connectivity index (χ3n) is 1.46. The third-order valence-corrected chi connectivity index (χ3v) is 1.46. The SMILES string of the molecule is C[n+]1ccccc1/C=C\C=N. The van der Waals surface area contributed by atoms with Crippen LogP contribution in [0.5, 0.6) is 0 Å². The van der Waals surface area contributed by atoms with E-state index in [1.165, 1.54) is 6.21 Å². The fraction of sp³-hybridized carbons (Fsp3) is 0.111. The van der Waals surface area contributed by atoms with E-state index < -0.39 is 0 Å². The Balaban J connectivity index is 2.94. The highest BCUT2D eigenvalue weighted by atomic mass is 14.9. The number of aromatic nitrogens is 1. The Morgan fingerprint density at radius 2 is 2.27 bits per heavy atom. The largest absolute Gasteiger partial charge is 0.309 e. The van der Waals surface area contributed by atoms with Crippen molar-refractivity contribution in [2.24, 2.45) is 7.05 Å². The van der Waals surface area contributed by atoms with Gasteiger partial charge in [0.15, 0.2) is 6.20 Å². The summed E-state index contributed by atoms with van der Waals surface area (Å²) in [5.74, 6) is 0. The van der Waals surface area contributed by atoms with Gasteiger partial charge in [-0.3, -0.25) is 0 Å². The van der Waals surface area contributed by atoms with Gasteiger partial charge in [-0.15, -0.1) is 0 Å². The van der Waals surface area contributed by atoms with Crippen LogP contribution in [0, 0.1) is 5.41 Å². The molecular formula is C9H11N2+. The van der Waals surface area contributed by atoms with Crippen LogP contribution in [-0.4, -0.2) is 6.21 Å². The molecule has 11 heavy (non-hydrogen) atoms. The maximum Gasteiger partial charge on any atom is 0.204 e. The molecule has 0 saturated heterocycles. The molecule has 2 heteroatoms. The Labute approximate surface area is 66.3 Å². The third kappa shape index (κ3) is 2.00. The van der Waals surface area contributed by atoms with Gasteiger partial charge in [-0.25, -0.2) is 4.57 Å². The first-order chi connectivity index (χ1) is 5.34. The Hall–Kier alpha value is -1.44. The van der Waals surface area contributed by atoms with Crippen LogP contribution in [-0.2, 0) is 7.05 Å². The van der Waals surface area contributed by atoms with Gasteiger partial charge in [0, 0.05) is 24.4 Å². The number of hydrogen-bond acceptors (Lipinski definition) is 1. The van der Waals surface area contributed by atoms with Crippen LogP contribution in [0.4, 0.5) is 0 Å². The number of nitrogens with one attached hydrogen (secondary N) is 1. The standard InChI is InChI=1S/C9H11N2/c1-11-8-3-2-5-9(11)6-4-7-10/h2-8,10H,1H3/q+1/b6-4-,10-7?. The maximum absolute atomic E-state index is 6.80. The summed E-state index contributed by atoms with van der Waals surface area (Å²) in [5.41, 5.74) is 1.09. The molecule has 1 N–H and O–H groups in total. The molecule has 0 spiro atoms. The molecule has 0 bridgehead atoms. The Morgan fingerprint density at radius 3 is 2.91 bits per heavy atom. The van der Waals surface area contributed by atoms with Crippen LogP contribution < -0.4 is 4.57 Å². The van der Waals surface area contributed by atoms with E-state index in [1.54, 1.807) is 6.08 Å². The molecule has 0 unspecified atom stereocenters. The first kappa shape index (κ1) is 7.66. The average molecular weight is 147 g/mol. The maximum atomic E-state index is 6.80. The normalized spacial score (nSPS) is 10.3. The second kappa shape index (κ2) is 3.66. The number of hydrogen-bond donors (Lipinski definition) is 1. The summed E-state index contributed by atoms with van der Waals surface area (Å²) in [6, 6.07) is 5.95. The predicted octanol–water partition coefficient (Wildman–Crippen LogP) is 1.17. The van der Waals surface area contributed by atoms with Crippen molar-refractivity contribution in [2.45, 2.75) is 0 Å². The number of allylic oxidation sites excluding steroid dienone is 1. The van der Waals surface area contributed by atoms with Crippen LogP contribution in [0.3, 0.4) is 0 Å². The highest BCUT2D eigenvalue weighted by molar-refractivity contribution is 5.74. The van der Waals surface area contributed by atoms with Gasteiger partial charge in [-0.05, 0) is 12.1 Å². The van der Waals surface area contributed by atoms with E-state index in [0.717, 1.165) is 5.69 Å². The van der Waals surface area contributed by atoms with E-state index >= 15 is 0 Å². The monoisotopic (exact) mass is 147 g/mol. The highest BCUT2D eigenvalue weighted by Crippen LogP contribution is 1.91. The average Bonchev–Trinajstić information content (AvgIpc) is 2.03. The second-order valence-electron chi connectivity index (χ2n) is 2.26. The summed E-state index contributed by atoms with van der Waals surface area (Å²) in [6.07, 6.45) is 6.85. The minimum absolute atomic E-state index is 1.09. The second-order valence-corrected chi connectivity index (χ2v) is 2.26. The zero-order valence-corrected chi connectivity index (χ0v) is 6.49. The van der Waals surface area contributed by atoms with Crippen molar-refractivity contribution in [1.82, 2.24) is 0 Å². The molecule has 0 fully saturated rings. The van der Waals surface area contributed by atoms with Crippen molar-refractivity contribution in [3.05, 3.63) is 36.2 Å². The Morgan fingerprint density at radius 1 is 1.45 bits per heavy atom. The first-order valence-corrected chi connectivity index (χ1v) is 3.46. The van der Waals surface area contributed by atoms with Gasteiger partial charge in [-0.2, -0.15) is 0 Å². The zero-order valence-electron chi connectivity index (χ0n) is 6.49. The smallest absolute Gasteiger partial charge is 0.204 e. The fourth-order valence-corrected chi connectivity index (χ4v) is 0.856. The summed E-state index contributed by atoms with van der Waals surface area (Å²) < 4.78 is 2.00. The summed E-state index contributed by atoms with van der Waals surface area (Å²) in [4.78, 5) is 0. The lowest BCUT2D eigenvalue weighted by Gasteiger charge is -1.89. The predicted molar refractivity (Wildman–Crippen MR) is 45.4 cm³/mol. The molecule has 1 aromatic rings. The lowest BCUT2D eigenvalue weighted by atomic mass is 10.3. The van der Waals surface area contributed by atoms with Crippen molar-refractivity contribution in [2.75, 3.05) is 0 Å². The molecule has 0 aliphatic carbocycles. The van der Waals surface area contributed by atoms with E-state index in [0.29, 0.717) is 0 Å². The summed E-state index contributed by atoms with van der Waals surface area (Å²) in [6.45, 7) is 0. The minimum Gasteiger partial charge on any atom is -0.309 e. The molecule has 0 aliphatic heterocycles. The lowest BCUT2D eigenvalue weighted by molar-refractivity contribution is -0.673. The van der Waals surface area contributed by atoms with E-state index in [2.05, 4.69) is 0 Å². The topological polar surface area (TPSA) is 27.7 Å². The van der Waals surface area contributed by atoms with Crippen molar-refractivity contribution in [3.8, 4) is 0 Å². The molecule has 1 heterocycles. The number of nitrogens with zero attached hydrogens (tertiary/aromatic N) is 1. The quantitative estimate of drug-likeness (QED) is 0.480. The highest BCUT2D eigenvalue weighted by Gasteiger charge is 1.96. The van der Waals surface area contributed by atoms with Gasteiger partial charge in [0.25, 0.3) is 0 Å². The van der Waals surface area contributed by atoms with Gasteiger partial charge in [-0.1, -0.05) is 0 Å². The molecule has 0 atom stereocenters. The summed E-state index contributed by atoms with van der Waals surface area (Å²) >= 11 is 0. The Bertz CT molecular complexity index is 277.